The number of carbonyl (C=O) groups is 2. The Hall–Kier alpha value is -2.05. The molecular formula is C19H18BrClN2O3. The second-order valence-electron chi connectivity index (χ2n) is 6.17. The molecule has 1 atom stereocenters. The van der Waals surface area contributed by atoms with Crippen LogP contribution in [0, 0.1) is 12.8 Å². The average molecular weight is 438 g/mol. The molecule has 1 saturated heterocycles. The first-order valence-corrected chi connectivity index (χ1v) is 9.27. The molecule has 2 amide bonds. The summed E-state index contributed by atoms with van der Waals surface area (Å²) in [6.45, 7) is 2.21. The highest BCUT2D eigenvalue weighted by molar-refractivity contribution is 9.10. The Morgan fingerprint density at radius 1 is 1.31 bits per heavy atom. The maximum Gasteiger partial charge on any atom is 0.229 e. The second-order valence-corrected chi connectivity index (χ2v) is 7.52. The molecular weight excluding hydrogens is 420 g/mol. The molecule has 0 aromatic heterocycles. The monoisotopic (exact) mass is 436 g/mol. The van der Waals surface area contributed by atoms with E-state index < -0.39 is 5.92 Å². The predicted molar refractivity (Wildman–Crippen MR) is 106 cm³/mol. The van der Waals surface area contributed by atoms with Crippen molar-refractivity contribution in [3.63, 3.8) is 0 Å². The van der Waals surface area contributed by atoms with Crippen molar-refractivity contribution < 1.29 is 14.3 Å². The van der Waals surface area contributed by atoms with Crippen molar-refractivity contribution in [2.75, 3.05) is 23.9 Å². The van der Waals surface area contributed by atoms with Gasteiger partial charge in [-0.3, -0.25) is 9.59 Å². The lowest BCUT2D eigenvalue weighted by atomic mass is 10.1. The number of hydrogen-bond acceptors (Lipinski definition) is 3. The van der Waals surface area contributed by atoms with E-state index in [-0.39, 0.29) is 24.8 Å². The number of methoxy groups -OCH3 is 1. The molecule has 0 bridgehead atoms. The van der Waals surface area contributed by atoms with Crippen LogP contribution in [0.4, 0.5) is 11.4 Å². The Morgan fingerprint density at radius 2 is 2.08 bits per heavy atom. The molecule has 26 heavy (non-hydrogen) atoms. The molecule has 1 heterocycles. The van der Waals surface area contributed by atoms with E-state index in [2.05, 4.69) is 21.2 Å². The number of anilines is 2. The van der Waals surface area contributed by atoms with Crippen LogP contribution in [0.5, 0.6) is 5.75 Å². The third-order valence-electron chi connectivity index (χ3n) is 4.37. The number of benzene rings is 2. The van der Waals surface area contributed by atoms with Crippen molar-refractivity contribution in [2.45, 2.75) is 13.3 Å². The zero-order valence-electron chi connectivity index (χ0n) is 14.4. The van der Waals surface area contributed by atoms with Crippen LogP contribution in [0.3, 0.4) is 0 Å². The molecule has 0 aliphatic carbocycles. The van der Waals surface area contributed by atoms with E-state index in [1.807, 2.05) is 25.1 Å². The number of nitrogens with zero attached hydrogens (tertiary/aromatic N) is 1. The summed E-state index contributed by atoms with van der Waals surface area (Å²) in [5, 5.41) is 3.42. The van der Waals surface area contributed by atoms with Crippen LogP contribution in [0.25, 0.3) is 0 Å². The lowest BCUT2D eigenvalue weighted by Crippen LogP contribution is -2.28. The molecule has 0 unspecified atom stereocenters. The van der Waals surface area contributed by atoms with Crippen LogP contribution in [0.15, 0.2) is 40.9 Å². The van der Waals surface area contributed by atoms with Gasteiger partial charge in [0, 0.05) is 28.1 Å². The maximum atomic E-state index is 12.6. The lowest BCUT2D eigenvalue weighted by Gasteiger charge is -2.20. The molecule has 7 heteroatoms. The highest BCUT2D eigenvalue weighted by Gasteiger charge is 2.36. The van der Waals surface area contributed by atoms with Gasteiger partial charge >= 0.3 is 0 Å². The van der Waals surface area contributed by atoms with Crippen LogP contribution in [-0.4, -0.2) is 25.5 Å². The number of carbonyl (C=O) groups excluding carboxylic acids is 2. The summed E-state index contributed by atoms with van der Waals surface area (Å²) >= 11 is 9.46. The minimum absolute atomic E-state index is 0.127. The van der Waals surface area contributed by atoms with Gasteiger partial charge in [-0.05, 0) is 48.9 Å². The summed E-state index contributed by atoms with van der Waals surface area (Å²) in [4.78, 5) is 26.7. The molecule has 0 saturated carbocycles. The molecule has 1 N–H and O–H groups in total. The van der Waals surface area contributed by atoms with Crippen molar-refractivity contribution in [2.24, 2.45) is 5.92 Å². The SMILES string of the molecule is COc1ccc(Cl)cc1N1C[C@H](C(=O)Nc2ccc(Br)cc2C)CC1=O. The fourth-order valence-electron chi connectivity index (χ4n) is 2.99. The molecule has 1 fully saturated rings. The third-order valence-corrected chi connectivity index (χ3v) is 5.10. The molecule has 3 rings (SSSR count). The highest BCUT2D eigenvalue weighted by atomic mass is 79.9. The molecule has 136 valence electrons. The first-order valence-electron chi connectivity index (χ1n) is 8.10. The summed E-state index contributed by atoms with van der Waals surface area (Å²) in [7, 11) is 1.54. The number of halogens is 2. The van der Waals surface area contributed by atoms with Crippen molar-refractivity contribution >= 4 is 50.7 Å². The number of rotatable bonds is 4. The Bertz CT molecular complexity index is 872. The average Bonchev–Trinajstić information content (AvgIpc) is 2.99. The summed E-state index contributed by atoms with van der Waals surface area (Å²) < 4.78 is 6.27. The van der Waals surface area contributed by atoms with E-state index in [0.29, 0.717) is 16.5 Å². The molecule has 5 nitrogen and oxygen atoms in total. The first kappa shape index (κ1) is 18.7. The summed E-state index contributed by atoms with van der Waals surface area (Å²) in [5.74, 6) is -0.188. The molecule has 1 aliphatic rings. The number of hydrogen-bond donors (Lipinski definition) is 1. The minimum atomic E-state index is -0.436. The van der Waals surface area contributed by atoms with Gasteiger partial charge in [0.25, 0.3) is 0 Å². The fraction of sp³-hybridized carbons (Fsp3) is 0.263. The van der Waals surface area contributed by atoms with Crippen LogP contribution in [0.1, 0.15) is 12.0 Å². The molecule has 2 aromatic rings. The lowest BCUT2D eigenvalue weighted by molar-refractivity contribution is -0.122. The van der Waals surface area contributed by atoms with E-state index in [1.54, 1.807) is 23.1 Å². The predicted octanol–water partition coefficient (Wildman–Crippen LogP) is 4.41. The zero-order valence-corrected chi connectivity index (χ0v) is 16.7. The van der Waals surface area contributed by atoms with Crippen molar-refractivity contribution in [3.05, 3.63) is 51.5 Å². The van der Waals surface area contributed by atoms with Gasteiger partial charge < -0.3 is 15.0 Å². The normalized spacial score (nSPS) is 16.7. The number of amides is 2. The van der Waals surface area contributed by atoms with Gasteiger partial charge in [0.15, 0.2) is 0 Å². The zero-order chi connectivity index (χ0) is 18.8. The van der Waals surface area contributed by atoms with Crippen molar-refractivity contribution in [1.29, 1.82) is 0 Å². The summed E-state index contributed by atoms with van der Waals surface area (Å²) in [5.41, 5.74) is 2.27. The fourth-order valence-corrected chi connectivity index (χ4v) is 3.63. The van der Waals surface area contributed by atoms with E-state index >= 15 is 0 Å². The van der Waals surface area contributed by atoms with Crippen LogP contribution < -0.4 is 15.0 Å². The van der Waals surface area contributed by atoms with Gasteiger partial charge in [-0.15, -0.1) is 0 Å². The van der Waals surface area contributed by atoms with E-state index in [0.717, 1.165) is 15.7 Å². The van der Waals surface area contributed by atoms with Gasteiger partial charge in [-0.2, -0.15) is 0 Å². The minimum Gasteiger partial charge on any atom is -0.495 e. The number of aryl methyl sites for hydroxylation is 1. The summed E-state index contributed by atoms with van der Waals surface area (Å²) in [6, 6.07) is 10.7. The molecule has 2 aromatic carbocycles. The van der Waals surface area contributed by atoms with Gasteiger partial charge in [0.1, 0.15) is 5.75 Å². The molecule has 0 radical (unpaired) electrons. The Morgan fingerprint density at radius 3 is 2.77 bits per heavy atom. The highest BCUT2D eigenvalue weighted by Crippen LogP contribution is 2.35. The van der Waals surface area contributed by atoms with E-state index in [1.165, 1.54) is 7.11 Å². The summed E-state index contributed by atoms with van der Waals surface area (Å²) in [6.07, 6.45) is 0.150. The first-order chi connectivity index (χ1) is 12.4. The smallest absolute Gasteiger partial charge is 0.229 e. The maximum absolute atomic E-state index is 12.6. The van der Waals surface area contributed by atoms with Crippen LogP contribution in [0.2, 0.25) is 5.02 Å². The van der Waals surface area contributed by atoms with Crippen LogP contribution >= 0.6 is 27.5 Å². The third kappa shape index (κ3) is 3.86. The van der Waals surface area contributed by atoms with Crippen molar-refractivity contribution in [1.82, 2.24) is 0 Å². The van der Waals surface area contributed by atoms with Gasteiger partial charge in [-0.25, -0.2) is 0 Å². The number of nitrogens with one attached hydrogen (secondary N) is 1. The van der Waals surface area contributed by atoms with Crippen molar-refractivity contribution in [3.8, 4) is 5.75 Å². The Kier molecular flexibility index (Phi) is 5.53. The number of ether oxygens (including phenoxy) is 1. The van der Waals surface area contributed by atoms with E-state index in [9.17, 15) is 9.59 Å². The Labute approximate surface area is 165 Å². The van der Waals surface area contributed by atoms with Gasteiger partial charge in [0.05, 0.1) is 18.7 Å². The van der Waals surface area contributed by atoms with E-state index in [4.69, 9.17) is 16.3 Å². The van der Waals surface area contributed by atoms with Crippen LogP contribution in [-0.2, 0) is 9.59 Å². The topological polar surface area (TPSA) is 58.6 Å². The van der Waals surface area contributed by atoms with Gasteiger partial charge in [0.2, 0.25) is 11.8 Å². The second kappa shape index (κ2) is 7.68. The van der Waals surface area contributed by atoms with Gasteiger partial charge in [-0.1, -0.05) is 27.5 Å². The quantitative estimate of drug-likeness (QED) is 0.771. The Balaban J connectivity index is 1.77. The molecule has 1 aliphatic heterocycles. The standard InChI is InChI=1S/C19H18BrClN2O3/c1-11-7-13(20)3-5-15(11)22-19(25)12-8-18(24)23(10-12)16-9-14(21)4-6-17(16)26-2/h3-7,9,12H,8,10H2,1-2H3,(H,22,25)/t12-/m1/s1. The largest absolute Gasteiger partial charge is 0.495 e. The molecule has 0 spiro atoms.